The molecule has 2 amide bonds. The fourth-order valence-corrected chi connectivity index (χ4v) is 3.30. The molecule has 2 saturated heterocycles. The molecule has 2 rings (SSSR count). The van der Waals surface area contributed by atoms with Crippen LogP contribution in [-0.4, -0.2) is 48.9 Å². The molecule has 0 aromatic heterocycles. The van der Waals surface area contributed by atoms with Crippen molar-refractivity contribution in [2.75, 3.05) is 26.2 Å². The predicted molar refractivity (Wildman–Crippen MR) is 78.2 cm³/mol. The summed E-state index contributed by atoms with van der Waals surface area (Å²) in [6.45, 7) is 7.05. The molecule has 0 radical (unpaired) electrons. The molecule has 0 spiro atoms. The number of hydrogen-bond acceptors (Lipinski definition) is 3. The van der Waals surface area contributed by atoms with Gasteiger partial charge in [-0.1, -0.05) is 6.92 Å². The summed E-state index contributed by atoms with van der Waals surface area (Å²) in [5.74, 6) is 0.338. The van der Waals surface area contributed by atoms with E-state index in [0.717, 1.165) is 58.3 Å². The third-order valence-corrected chi connectivity index (χ3v) is 4.91. The Labute approximate surface area is 121 Å². The van der Waals surface area contributed by atoms with Gasteiger partial charge in [-0.05, 0) is 38.6 Å². The summed E-state index contributed by atoms with van der Waals surface area (Å²) in [5, 5.41) is 6.58. The van der Waals surface area contributed by atoms with Gasteiger partial charge in [-0.15, -0.1) is 0 Å². The molecule has 0 aromatic rings. The predicted octanol–water partition coefficient (Wildman–Crippen LogP) is 0.893. The molecule has 0 aromatic carbocycles. The third kappa shape index (κ3) is 3.32. The smallest absolute Gasteiger partial charge is 0.227 e. The maximum absolute atomic E-state index is 12.6. The van der Waals surface area contributed by atoms with E-state index in [0.29, 0.717) is 0 Å². The molecule has 0 bridgehead atoms. The number of nitrogens with zero attached hydrogens (tertiary/aromatic N) is 1. The average molecular weight is 281 g/mol. The summed E-state index contributed by atoms with van der Waals surface area (Å²) in [6, 6.07) is 0.225. The Kier molecular flexibility index (Phi) is 5.02. The zero-order valence-electron chi connectivity index (χ0n) is 12.7. The van der Waals surface area contributed by atoms with E-state index in [1.165, 1.54) is 0 Å². The highest BCUT2D eigenvalue weighted by Crippen LogP contribution is 2.30. The van der Waals surface area contributed by atoms with Crippen LogP contribution in [0.15, 0.2) is 0 Å². The monoisotopic (exact) mass is 281 g/mol. The molecule has 0 aliphatic carbocycles. The number of rotatable bonds is 3. The lowest BCUT2D eigenvalue weighted by Crippen LogP contribution is -2.54. The van der Waals surface area contributed by atoms with E-state index in [1.54, 1.807) is 6.92 Å². The minimum Gasteiger partial charge on any atom is -0.353 e. The fourth-order valence-electron chi connectivity index (χ4n) is 3.30. The van der Waals surface area contributed by atoms with Crippen molar-refractivity contribution in [1.82, 2.24) is 15.5 Å². The Morgan fingerprint density at radius 3 is 2.55 bits per heavy atom. The molecule has 2 heterocycles. The first-order valence-electron chi connectivity index (χ1n) is 7.84. The maximum Gasteiger partial charge on any atom is 0.227 e. The van der Waals surface area contributed by atoms with E-state index < -0.39 is 0 Å². The minimum absolute atomic E-state index is 0.135. The lowest BCUT2D eigenvalue weighted by atomic mass is 9.77. The summed E-state index contributed by atoms with van der Waals surface area (Å²) in [4.78, 5) is 25.8. The first-order chi connectivity index (χ1) is 9.57. The number of piperidine rings is 2. The van der Waals surface area contributed by atoms with Crippen molar-refractivity contribution in [2.24, 2.45) is 5.41 Å². The summed E-state index contributed by atoms with van der Waals surface area (Å²) in [5.41, 5.74) is -0.226. The number of hydrogen-bond donors (Lipinski definition) is 2. The molecule has 20 heavy (non-hydrogen) atoms. The Balaban J connectivity index is 1.86. The first-order valence-corrected chi connectivity index (χ1v) is 7.84. The molecule has 1 unspecified atom stereocenters. The molecule has 2 aliphatic heterocycles. The molecular weight excluding hydrogens is 254 g/mol. The standard InChI is InChI=1S/C15H27N3O2/c1-3-15(7-4-8-16-11-15)14(20)17-13-5-9-18(10-6-13)12(2)19/h13,16H,3-11H2,1-2H3,(H,17,20). The lowest BCUT2D eigenvalue weighted by molar-refractivity contribution is -0.134. The van der Waals surface area contributed by atoms with Crippen molar-refractivity contribution in [3.63, 3.8) is 0 Å². The van der Waals surface area contributed by atoms with Gasteiger partial charge >= 0.3 is 0 Å². The molecule has 1 atom stereocenters. The summed E-state index contributed by atoms with van der Waals surface area (Å²) < 4.78 is 0. The molecule has 2 N–H and O–H groups in total. The van der Waals surface area contributed by atoms with Crippen LogP contribution < -0.4 is 10.6 Å². The van der Waals surface area contributed by atoms with Crippen LogP contribution in [0.2, 0.25) is 0 Å². The van der Waals surface area contributed by atoms with Gasteiger partial charge in [0.05, 0.1) is 5.41 Å². The van der Waals surface area contributed by atoms with Crippen LogP contribution in [0.5, 0.6) is 0 Å². The summed E-state index contributed by atoms with van der Waals surface area (Å²) in [7, 11) is 0. The van der Waals surface area contributed by atoms with Crippen molar-refractivity contribution < 1.29 is 9.59 Å². The quantitative estimate of drug-likeness (QED) is 0.808. The van der Waals surface area contributed by atoms with Gasteiger partial charge in [0.1, 0.15) is 0 Å². The zero-order chi connectivity index (χ0) is 14.6. The van der Waals surface area contributed by atoms with Gasteiger partial charge in [-0.2, -0.15) is 0 Å². The molecular formula is C15H27N3O2. The minimum atomic E-state index is -0.226. The number of likely N-dealkylation sites (tertiary alicyclic amines) is 1. The first kappa shape index (κ1) is 15.3. The number of amides is 2. The van der Waals surface area contributed by atoms with Crippen molar-refractivity contribution in [1.29, 1.82) is 0 Å². The van der Waals surface area contributed by atoms with Crippen LogP contribution in [0, 0.1) is 5.41 Å². The summed E-state index contributed by atoms with van der Waals surface area (Å²) >= 11 is 0. The van der Waals surface area contributed by atoms with Gasteiger partial charge in [0.2, 0.25) is 11.8 Å². The van der Waals surface area contributed by atoms with Gasteiger partial charge in [-0.25, -0.2) is 0 Å². The number of carbonyl (C=O) groups is 2. The van der Waals surface area contributed by atoms with Crippen molar-refractivity contribution >= 4 is 11.8 Å². The topological polar surface area (TPSA) is 61.4 Å². The second-order valence-corrected chi connectivity index (χ2v) is 6.17. The van der Waals surface area contributed by atoms with Crippen LogP contribution in [-0.2, 0) is 9.59 Å². The zero-order valence-corrected chi connectivity index (χ0v) is 12.7. The highest BCUT2D eigenvalue weighted by Gasteiger charge is 2.38. The highest BCUT2D eigenvalue weighted by molar-refractivity contribution is 5.83. The highest BCUT2D eigenvalue weighted by atomic mass is 16.2. The Morgan fingerprint density at radius 2 is 2.05 bits per heavy atom. The van der Waals surface area contributed by atoms with Crippen LogP contribution in [0.25, 0.3) is 0 Å². The Bertz CT molecular complexity index is 356. The molecule has 0 saturated carbocycles. The fraction of sp³-hybridized carbons (Fsp3) is 0.867. The van der Waals surface area contributed by atoms with Crippen molar-refractivity contribution in [3.8, 4) is 0 Å². The van der Waals surface area contributed by atoms with E-state index in [1.807, 2.05) is 4.90 Å². The molecule has 5 nitrogen and oxygen atoms in total. The Morgan fingerprint density at radius 1 is 1.35 bits per heavy atom. The van der Waals surface area contributed by atoms with Gasteiger partial charge in [0.25, 0.3) is 0 Å². The van der Waals surface area contributed by atoms with E-state index in [9.17, 15) is 9.59 Å². The molecule has 114 valence electrons. The van der Waals surface area contributed by atoms with Gasteiger partial charge in [0, 0.05) is 32.6 Å². The molecule has 2 fully saturated rings. The van der Waals surface area contributed by atoms with Crippen molar-refractivity contribution in [2.45, 2.75) is 52.0 Å². The Hall–Kier alpha value is -1.10. The van der Waals surface area contributed by atoms with E-state index in [2.05, 4.69) is 17.6 Å². The van der Waals surface area contributed by atoms with Crippen LogP contribution >= 0.6 is 0 Å². The normalized spacial score (nSPS) is 28.2. The molecule has 5 heteroatoms. The lowest BCUT2D eigenvalue weighted by Gasteiger charge is -2.38. The van der Waals surface area contributed by atoms with Crippen LogP contribution in [0.3, 0.4) is 0 Å². The van der Waals surface area contributed by atoms with Crippen LogP contribution in [0.4, 0.5) is 0 Å². The van der Waals surface area contributed by atoms with E-state index >= 15 is 0 Å². The maximum atomic E-state index is 12.6. The summed E-state index contributed by atoms with van der Waals surface area (Å²) in [6.07, 6.45) is 4.69. The number of nitrogens with one attached hydrogen (secondary N) is 2. The van der Waals surface area contributed by atoms with E-state index in [-0.39, 0.29) is 23.3 Å². The average Bonchev–Trinajstić information content (AvgIpc) is 2.48. The van der Waals surface area contributed by atoms with E-state index in [4.69, 9.17) is 0 Å². The van der Waals surface area contributed by atoms with Crippen LogP contribution in [0.1, 0.15) is 46.0 Å². The van der Waals surface area contributed by atoms with Gasteiger partial charge in [-0.3, -0.25) is 9.59 Å². The van der Waals surface area contributed by atoms with Gasteiger partial charge in [0.15, 0.2) is 0 Å². The number of carbonyl (C=O) groups excluding carboxylic acids is 2. The second-order valence-electron chi connectivity index (χ2n) is 6.17. The SMILES string of the molecule is CCC1(C(=O)NC2CCN(C(C)=O)CC2)CCCNC1. The van der Waals surface area contributed by atoms with Gasteiger partial charge < -0.3 is 15.5 Å². The largest absolute Gasteiger partial charge is 0.353 e. The third-order valence-electron chi connectivity index (χ3n) is 4.91. The second kappa shape index (κ2) is 6.57. The molecule has 2 aliphatic rings. The van der Waals surface area contributed by atoms with Crippen molar-refractivity contribution in [3.05, 3.63) is 0 Å².